The molecule has 24 nitrogen and oxygen atoms in total. The summed E-state index contributed by atoms with van der Waals surface area (Å²) < 4.78 is 39.8. The molecule has 0 aliphatic carbocycles. The van der Waals surface area contributed by atoms with Gasteiger partial charge in [-0.25, -0.2) is 24.0 Å². The van der Waals surface area contributed by atoms with E-state index in [2.05, 4.69) is 31.9 Å². The van der Waals surface area contributed by atoms with Crippen LogP contribution < -0.4 is 46.1 Å². The number of alkyl carbamates (subject to hydrolysis) is 3. The molecule has 0 spiro atoms. The van der Waals surface area contributed by atoms with E-state index >= 15 is 4.79 Å². The van der Waals surface area contributed by atoms with Gasteiger partial charge in [0.15, 0.2) is 6.61 Å². The van der Waals surface area contributed by atoms with E-state index in [9.17, 15) is 43.5 Å². The number of aliphatic carboxylic acids is 1. The lowest BCUT2D eigenvalue weighted by atomic mass is 9.93. The first-order chi connectivity index (χ1) is 38.2. The van der Waals surface area contributed by atoms with Gasteiger partial charge in [0.05, 0.1) is 25.3 Å². The molecule has 4 rings (SSSR count). The highest BCUT2D eigenvalue weighted by atomic mass is 16.6. The highest BCUT2D eigenvalue weighted by Crippen LogP contribution is 2.40. The molecule has 4 atom stereocenters. The fraction of sp³-hybridized carbons (Fsp3) is 0.534. The summed E-state index contributed by atoms with van der Waals surface area (Å²) in [5.41, 5.74) is -0.778. The van der Waals surface area contributed by atoms with Crippen LogP contribution in [0.2, 0.25) is 0 Å². The van der Waals surface area contributed by atoms with E-state index in [-0.39, 0.29) is 97.7 Å². The van der Waals surface area contributed by atoms with E-state index in [4.69, 9.17) is 33.2 Å². The molecule has 24 heteroatoms. The van der Waals surface area contributed by atoms with Gasteiger partial charge in [0.1, 0.15) is 71.4 Å². The van der Waals surface area contributed by atoms with Crippen molar-refractivity contribution >= 4 is 53.8 Å². The number of carboxylic acid groups (broad SMARTS) is 1. The number of rotatable bonds is 21. The molecule has 1 aliphatic rings. The van der Waals surface area contributed by atoms with Crippen molar-refractivity contribution in [1.29, 1.82) is 0 Å². The Morgan fingerprint density at radius 1 is 0.683 bits per heavy atom. The summed E-state index contributed by atoms with van der Waals surface area (Å²) in [6, 6.07) is 7.90. The Morgan fingerprint density at radius 2 is 1.22 bits per heavy atom. The number of ether oxygens (including phenoxy) is 7. The lowest BCUT2D eigenvalue weighted by molar-refractivity contribution is -0.147. The second-order valence-corrected chi connectivity index (χ2v) is 22.9. The Balaban J connectivity index is 1.90. The minimum absolute atomic E-state index is 0.00424. The number of hydrogen-bond acceptors (Lipinski definition) is 16. The Bertz CT molecular complexity index is 2780. The highest BCUT2D eigenvalue weighted by molar-refractivity contribution is 6.01. The van der Waals surface area contributed by atoms with Gasteiger partial charge in [-0.1, -0.05) is 32.0 Å². The van der Waals surface area contributed by atoms with Gasteiger partial charge in [-0.05, 0) is 142 Å². The Labute approximate surface area is 478 Å². The standard InChI is InChI=1S/C58H81N7O17/c1-33(2)31-79-46(66)32-78-45-27-34(3)15-18-38(45)49(68)63-41(21-22-59-53(73)80-56(5,6)7)51(70)65(14)47-37-17-20-44(77-26-24-61-55(75)82-58(11,12)13)40(30-37)39-28-36(29-42(52(71)72)64-48(67)35(4)62-50(47)69)16-19-43(39)76-25-23-60-54(74)81-57(8,9)10/h15-20,27-28,30,33,35,41-42,47H,21-26,29,31-32H2,1-14H3,(H,59,73)(H,60,74)(H,61,75)(H,62,69)(H,63,68)(H,64,67)(H,71,72)/t35-,41-,42-,47-/m0/s1. The predicted octanol–water partition coefficient (Wildman–Crippen LogP) is 5.89. The largest absolute Gasteiger partial charge is 0.491 e. The number of aryl methyl sites for hydroxylation is 1. The average Bonchev–Trinajstić information content (AvgIpc) is 3.29. The number of esters is 1. The predicted molar refractivity (Wildman–Crippen MR) is 300 cm³/mol. The van der Waals surface area contributed by atoms with Gasteiger partial charge in [-0.3, -0.25) is 19.2 Å². The fourth-order valence-corrected chi connectivity index (χ4v) is 7.87. The van der Waals surface area contributed by atoms with E-state index in [1.807, 2.05) is 13.8 Å². The number of fused-ring (bicyclic) bond motifs is 5. The molecule has 3 aromatic carbocycles. The summed E-state index contributed by atoms with van der Waals surface area (Å²) >= 11 is 0. The Hall–Kier alpha value is -8.31. The maximum absolute atomic E-state index is 15.2. The van der Waals surface area contributed by atoms with Crippen LogP contribution in [0.1, 0.15) is 123 Å². The van der Waals surface area contributed by atoms with Crippen LogP contribution >= 0.6 is 0 Å². The minimum Gasteiger partial charge on any atom is -0.491 e. The van der Waals surface area contributed by atoms with E-state index in [0.717, 1.165) is 4.90 Å². The van der Waals surface area contributed by atoms with Crippen LogP contribution in [0.15, 0.2) is 54.6 Å². The quantitative estimate of drug-likeness (QED) is 0.0371. The first kappa shape index (κ1) is 66.2. The Kier molecular flexibility index (Phi) is 23.8. The van der Waals surface area contributed by atoms with Gasteiger partial charge in [0, 0.05) is 31.1 Å². The summed E-state index contributed by atoms with van der Waals surface area (Å²) in [5, 5.41) is 26.1. The average molecular weight is 1150 g/mol. The molecule has 0 saturated heterocycles. The number of carbonyl (C=O) groups excluding carboxylic acids is 8. The number of carbonyl (C=O) groups is 9. The van der Waals surface area contributed by atoms with Crippen LogP contribution in [-0.4, -0.2) is 152 Å². The zero-order valence-corrected chi connectivity index (χ0v) is 49.4. The zero-order chi connectivity index (χ0) is 61.3. The van der Waals surface area contributed by atoms with Crippen LogP contribution in [0.25, 0.3) is 11.1 Å². The fourth-order valence-electron chi connectivity index (χ4n) is 7.87. The molecule has 1 heterocycles. The lowest BCUT2D eigenvalue weighted by Crippen LogP contribution is -2.55. The normalized spacial score (nSPS) is 15.9. The molecule has 0 aromatic heterocycles. The number of nitrogens with zero attached hydrogens (tertiary/aromatic N) is 1. The minimum atomic E-state index is -1.64. The van der Waals surface area contributed by atoms with Crippen LogP contribution in [0, 0.1) is 12.8 Å². The van der Waals surface area contributed by atoms with Crippen molar-refractivity contribution in [3.8, 4) is 28.4 Å². The van der Waals surface area contributed by atoms with E-state index in [0.29, 0.717) is 11.1 Å². The molecule has 4 bridgehead atoms. The first-order valence-corrected chi connectivity index (χ1v) is 26.9. The van der Waals surface area contributed by atoms with Crippen molar-refractivity contribution in [3.05, 3.63) is 76.9 Å². The molecular weight excluding hydrogens is 1070 g/mol. The molecule has 0 saturated carbocycles. The summed E-state index contributed by atoms with van der Waals surface area (Å²) in [4.78, 5) is 123. The molecule has 82 heavy (non-hydrogen) atoms. The summed E-state index contributed by atoms with van der Waals surface area (Å²) in [6.07, 6.45) is -2.72. The number of likely N-dealkylation sites (N-methyl/N-ethyl adjacent to an activating group) is 1. The molecule has 450 valence electrons. The maximum Gasteiger partial charge on any atom is 0.407 e. The molecule has 7 amide bonds. The number of amides is 7. The van der Waals surface area contributed by atoms with Crippen LogP contribution in [0.3, 0.4) is 0 Å². The molecule has 0 fully saturated rings. The number of carboxylic acids is 1. The number of nitrogens with one attached hydrogen (secondary N) is 6. The van der Waals surface area contributed by atoms with Crippen LogP contribution in [-0.2, 0) is 49.3 Å². The molecule has 0 unspecified atom stereocenters. The molecule has 7 N–H and O–H groups in total. The van der Waals surface area contributed by atoms with Crippen molar-refractivity contribution in [2.75, 3.05) is 53.1 Å². The summed E-state index contributed by atoms with van der Waals surface area (Å²) in [6.45, 7) is 21.2. The van der Waals surface area contributed by atoms with E-state index in [1.165, 1.54) is 38.2 Å². The van der Waals surface area contributed by atoms with Gasteiger partial charge in [-0.15, -0.1) is 0 Å². The topological polar surface area (TPSA) is 314 Å². The first-order valence-electron chi connectivity index (χ1n) is 26.9. The second kappa shape index (κ2) is 29.4. The van der Waals surface area contributed by atoms with E-state index in [1.54, 1.807) is 99.6 Å². The monoisotopic (exact) mass is 1150 g/mol. The van der Waals surface area contributed by atoms with E-state index < -0.39 is 101 Å². The van der Waals surface area contributed by atoms with Gasteiger partial charge in [0.25, 0.3) is 5.91 Å². The lowest BCUT2D eigenvalue weighted by Gasteiger charge is -2.33. The van der Waals surface area contributed by atoms with Crippen molar-refractivity contribution in [1.82, 2.24) is 36.8 Å². The smallest absolute Gasteiger partial charge is 0.407 e. The molecule has 0 radical (unpaired) electrons. The van der Waals surface area contributed by atoms with Gasteiger partial charge < -0.3 is 75.1 Å². The van der Waals surface area contributed by atoms with Crippen molar-refractivity contribution in [2.45, 2.75) is 144 Å². The third kappa shape index (κ3) is 22.0. The SMILES string of the molecule is Cc1ccc(C(=O)N[C@@H](CCNC(=O)OC(C)(C)C)C(=O)N(C)[C@@H]2C(=O)N[C@@H](C)C(=O)N[C@H](C(=O)O)Cc3ccc(OCCNC(=O)OC(C)(C)C)c(c3)-c3cc2ccc3OCCNC(=O)OC(C)(C)C)c(OCC(=O)OCC(C)C)c1. The highest BCUT2D eigenvalue weighted by Gasteiger charge is 2.37. The third-order valence-electron chi connectivity index (χ3n) is 11.5. The Morgan fingerprint density at radius 3 is 1.76 bits per heavy atom. The molecular formula is C58H81N7O17. The molecule has 1 aliphatic heterocycles. The second-order valence-electron chi connectivity index (χ2n) is 22.9. The molecule has 3 aromatic rings. The third-order valence-corrected chi connectivity index (χ3v) is 11.5. The van der Waals surface area contributed by atoms with Crippen molar-refractivity contribution < 1.29 is 81.4 Å². The van der Waals surface area contributed by atoms with Gasteiger partial charge >= 0.3 is 30.2 Å². The van der Waals surface area contributed by atoms with Crippen LogP contribution in [0.4, 0.5) is 14.4 Å². The summed E-state index contributed by atoms with van der Waals surface area (Å²) in [5.74, 6) is -5.14. The van der Waals surface area contributed by atoms with Gasteiger partial charge in [0.2, 0.25) is 17.7 Å². The summed E-state index contributed by atoms with van der Waals surface area (Å²) in [7, 11) is 1.30. The van der Waals surface area contributed by atoms with Crippen molar-refractivity contribution in [3.63, 3.8) is 0 Å². The zero-order valence-electron chi connectivity index (χ0n) is 49.4. The van der Waals surface area contributed by atoms with Gasteiger partial charge in [-0.2, -0.15) is 0 Å². The number of hydrogen-bond donors (Lipinski definition) is 7. The van der Waals surface area contributed by atoms with Crippen molar-refractivity contribution in [2.24, 2.45) is 5.92 Å². The maximum atomic E-state index is 15.2. The number of benzene rings is 3. The van der Waals surface area contributed by atoms with Crippen LogP contribution in [0.5, 0.6) is 17.2 Å².